The zero-order valence-corrected chi connectivity index (χ0v) is 11.1. The number of hydrogen-bond acceptors (Lipinski definition) is 2. The highest BCUT2D eigenvalue weighted by molar-refractivity contribution is 5.82. The highest BCUT2D eigenvalue weighted by Crippen LogP contribution is 2.31. The minimum atomic E-state index is -4.34. The number of pyridine rings is 2. The van der Waals surface area contributed by atoms with E-state index in [0.717, 1.165) is 17.8 Å². The van der Waals surface area contributed by atoms with E-state index in [1.807, 2.05) is 25.1 Å². The number of nitrogens with zero attached hydrogens (tertiary/aromatic N) is 2. The second-order valence-corrected chi connectivity index (χ2v) is 4.77. The predicted molar refractivity (Wildman–Crippen MR) is 74.7 cm³/mol. The maximum Gasteiger partial charge on any atom is 0.416 e. The molecule has 0 N–H and O–H groups in total. The van der Waals surface area contributed by atoms with Crippen LogP contribution in [0.5, 0.6) is 0 Å². The average Bonchev–Trinajstić information content (AvgIpc) is 2.45. The molecule has 5 heteroatoms. The molecule has 0 aliphatic carbocycles. The van der Waals surface area contributed by atoms with Crippen molar-refractivity contribution in [2.45, 2.75) is 13.1 Å². The van der Waals surface area contributed by atoms with Crippen molar-refractivity contribution in [2.24, 2.45) is 0 Å². The number of halogens is 3. The van der Waals surface area contributed by atoms with Crippen LogP contribution in [0.15, 0.2) is 48.5 Å². The van der Waals surface area contributed by atoms with Gasteiger partial charge in [-0.15, -0.1) is 0 Å². The van der Waals surface area contributed by atoms with E-state index in [1.54, 1.807) is 12.1 Å². The van der Waals surface area contributed by atoms with E-state index >= 15 is 0 Å². The van der Waals surface area contributed by atoms with E-state index in [1.165, 1.54) is 6.07 Å². The second-order valence-electron chi connectivity index (χ2n) is 4.77. The Morgan fingerprint density at radius 2 is 1.62 bits per heavy atom. The molecule has 0 atom stereocenters. The molecule has 2 aromatic heterocycles. The standard InChI is InChI=1S/C16H11F3N2/c1-10-3-2-4-14(20-10)15-7-5-11-9-12(16(17,18)19)6-8-13(11)21-15/h2-9H,1H3. The van der Waals surface area contributed by atoms with Crippen molar-refractivity contribution in [3.63, 3.8) is 0 Å². The summed E-state index contributed by atoms with van der Waals surface area (Å²) in [6.45, 7) is 1.88. The van der Waals surface area contributed by atoms with Gasteiger partial charge in [-0.2, -0.15) is 13.2 Å². The highest BCUT2D eigenvalue weighted by Gasteiger charge is 2.30. The second kappa shape index (κ2) is 4.84. The van der Waals surface area contributed by atoms with Gasteiger partial charge in [-0.25, -0.2) is 4.98 Å². The van der Waals surface area contributed by atoms with E-state index < -0.39 is 11.7 Å². The molecule has 0 saturated carbocycles. The molecule has 2 nitrogen and oxygen atoms in total. The summed E-state index contributed by atoms with van der Waals surface area (Å²) in [4.78, 5) is 8.74. The van der Waals surface area contributed by atoms with Crippen LogP contribution in [0.3, 0.4) is 0 Å². The first-order valence-electron chi connectivity index (χ1n) is 6.35. The Morgan fingerprint density at radius 3 is 2.33 bits per heavy atom. The molecule has 0 radical (unpaired) electrons. The SMILES string of the molecule is Cc1cccc(-c2ccc3cc(C(F)(F)F)ccc3n2)n1. The first-order chi connectivity index (χ1) is 9.93. The van der Waals surface area contributed by atoms with Gasteiger partial charge in [0.1, 0.15) is 0 Å². The number of rotatable bonds is 1. The lowest BCUT2D eigenvalue weighted by Crippen LogP contribution is -2.04. The molecule has 0 amide bonds. The Labute approximate surface area is 119 Å². The molecular formula is C16H11F3N2. The van der Waals surface area contributed by atoms with Crippen LogP contribution in [0.2, 0.25) is 0 Å². The van der Waals surface area contributed by atoms with E-state index in [4.69, 9.17) is 0 Å². The quantitative estimate of drug-likeness (QED) is 0.652. The van der Waals surface area contributed by atoms with Gasteiger partial charge in [-0.1, -0.05) is 12.1 Å². The van der Waals surface area contributed by atoms with E-state index in [9.17, 15) is 13.2 Å². The van der Waals surface area contributed by atoms with E-state index in [0.29, 0.717) is 22.3 Å². The van der Waals surface area contributed by atoms with Gasteiger partial charge in [0.25, 0.3) is 0 Å². The first kappa shape index (κ1) is 13.5. The molecule has 3 rings (SSSR count). The Hall–Kier alpha value is -2.43. The zero-order chi connectivity index (χ0) is 15.0. The molecule has 0 fully saturated rings. The number of aromatic nitrogens is 2. The minimum Gasteiger partial charge on any atom is -0.251 e. The summed E-state index contributed by atoms with van der Waals surface area (Å²) in [6, 6.07) is 12.4. The molecule has 0 unspecified atom stereocenters. The maximum atomic E-state index is 12.7. The van der Waals surface area contributed by atoms with Gasteiger partial charge in [-0.05, 0) is 43.3 Å². The Kier molecular flexibility index (Phi) is 3.12. The molecule has 3 aromatic rings. The lowest BCUT2D eigenvalue weighted by molar-refractivity contribution is -0.137. The number of aryl methyl sites for hydroxylation is 1. The average molecular weight is 288 g/mol. The number of fused-ring (bicyclic) bond motifs is 1. The van der Waals surface area contributed by atoms with Crippen molar-refractivity contribution in [3.8, 4) is 11.4 Å². The fourth-order valence-electron chi connectivity index (χ4n) is 2.13. The van der Waals surface area contributed by atoms with E-state index in [-0.39, 0.29) is 0 Å². The van der Waals surface area contributed by atoms with Crippen LogP contribution < -0.4 is 0 Å². The lowest BCUT2D eigenvalue weighted by Gasteiger charge is -2.08. The molecule has 0 bridgehead atoms. The van der Waals surface area contributed by atoms with Crippen LogP contribution in [0, 0.1) is 6.92 Å². The fraction of sp³-hybridized carbons (Fsp3) is 0.125. The molecule has 106 valence electrons. The molecule has 21 heavy (non-hydrogen) atoms. The third-order valence-electron chi connectivity index (χ3n) is 3.17. The Bertz CT molecular complexity index is 810. The Morgan fingerprint density at radius 1 is 0.857 bits per heavy atom. The fourth-order valence-corrected chi connectivity index (χ4v) is 2.13. The lowest BCUT2D eigenvalue weighted by atomic mass is 10.1. The molecule has 0 spiro atoms. The van der Waals surface area contributed by atoms with Gasteiger partial charge < -0.3 is 0 Å². The van der Waals surface area contributed by atoms with Crippen LogP contribution in [0.1, 0.15) is 11.3 Å². The summed E-state index contributed by atoms with van der Waals surface area (Å²) in [5.41, 5.74) is 2.06. The van der Waals surface area contributed by atoms with Crippen molar-refractivity contribution in [1.29, 1.82) is 0 Å². The normalized spacial score (nSPS) is 11.8. The molecule has 0 aliphatic rings. The smallest absolute Gasteiger partial charge is 0.251 e. The summed E-state index contributed by atoms with van der Waals surface area (Å²) < 4.78 is 38.0. The van der Waals surface area contributed by atoms with Gasteiger partial charge in [-0.3, -0.25) is 4.98 Å². The number of benzene rings is 1. The van der Waals surface area contributed by atoms with Crippen molar-refractivity contribution < 1.29 is 13.2 Å². The van der Waals surface area contributed by atoms with E-state index in [2.05, 4.69) is 9.97 Å². The topological polar surface area (TPSA) is 25.8 Å². The van der Waals surface area contributed by atoms with Crippen molar-refractivity contribution in [2.75, 3.05) is 0 Å². The molecular weight excluding hydrogens is 277 g/mol. The van der Waals surface area contributed by atoms with Crippen LogP contribution >= 0.6 is 0 Å². The van der Waals surface area contributed by atoms with Gasteiger partial charge >= 0.3 is 6.18 Å². The number of alkyl halides is 3. The van der Waals surface area contributed by atoms with Crippen LogP contribution in [-0.4, -0.2) is 9.97 Å². The van der Waals surface area contributed by atoms with Gasteiger partial charge in [0.2, 0.25) is 0 Å². The van der Waals surface area contributed by atoms with Crippen LogP contribution in [-0.2, 0) is 6.18 Å². The highest BCUT2D eigenvalue weighted by atomic mass is 19.4. The first-order valence-corrected chi connectivity index (χ1v) is 6.35. The monoisotopic (exact) mass is 288 g/mol. The largest absolute Gasteiger partial charge is 0.416 e. The Balaban J connectivity index is 2.09. The third kappa shape index (κ3) is 2.72. The zero-order valence-electron chi connectivity index (χ0n) is 11.1. The summed E-state index contributed by atoms with van der Waals surface area (Å²) >= 11 is 0. The van der Waals surface area contributed by atoms with Gasteiger partial charge in [0.15, 0.2) is 0 Å². The van der Waals surface area contributed by atoms with Crippen molar-refractivity contribution >= 4 is 10.9 Å². The molecule has 0 saturated heterocycles. The van der Waals surface area contributed by atoms with Gasteiger partial charge in [0, 0.05) is 11.1 Å². The molecule has 1 aromatic carbocycles. The summed E-state index contributed by atoms with van der Waals surface area (Å²) in [5.74, 6) is 0. The predicted octanol–water partition coefficient (Wildman–Crippen LogP) is 4.62. The van der Waals surface area contributed by atoms with Crippen molar-refractivity contribution in [1.82, 2.24) is 9.97 Å². The number of hydrogen-bond donors (Lipinski definition) is 0. The van der Waals surface area contributed by atoms with Crippen LogP contribution in [0.4, 0.5) is 13.2 Å². The summed E-state index contributed by atoms with van der Waals surface area (Å²) in [5, 5.41) is 0.459. The molecule has 2 heterocycles. The van der Waals surface area contributed by atoms with Crippen molar-refractivity contribution in [3.05, 3.63) is 59.8 Å². The van der Waals surface area contributed by atoms with Gasteiger partial charge in [0.05, 0.1) is 22.5 Å². The summed E-state index contributed by atoms with van der Waals surface area (Å²) in [7, 11) is 0. The minimum absolute atomic E-state index is 0.459. The summed E-state index contributed by atoms with van der Waals surface area (Å²) in [6.07, 6.45) is -4.34. The maximum absolute atomic E-state index is 12.7. The molecule has 0 aliphatic heterocycles. The van der Waals surface area contributed by atoms with Crippen LogP contribution in [0.25, 0.3) is 22.3 Å². The third-order valence-corrected chi connectivity index (χ3v) is 3.17.